The van der Waals surface area contributed by atoms with Crippen molar-refractivity contribution < 1.29 is 9.90 Å². The van der Waals surface area contributed by atoms with Crippen LogP contribution in [0, 0.1) is 5.92 Å². The maximum absolute atomic E-state index is 10.8. The molecule has 0 unspecified atom stereocenters. The molecule has 0 atom stereocenters. The molecular formula is C10H17N5O2. The first kappa shape index (κ1) is 12.0. The van der Waals surface area contributed by atoms with Crippen molar-refractivity contribution in [2.24, 2.45) is 13.0 Å². The molecule has 0 bridgehead atoms. The third kappa shape index (κ3) is 3.23. The molecule has 7 nitrogen and oxygen atoms in total. The van der Waals surface area contributed by atoms with Gasteiger partial charge in [0.15, 0.2) is 5.82 Å². The lowest BCUT2D eigenvalue weighted by molar-refractivity contribution is -0.142. The molecular weight excluding hydrogens is 222 g/mol. The highest BCUT2D eigenvalue weighted by Crippen LogP contribution is 2.24. The average molecular weight is 239 g/mol. The molecule has 94 valence electrons. The minimum atomic E-state index is -0.668. The van der Waals surface area contributed by atoms with Crippen molar-refractivity contribution in [1.82, 2.24) is 25.5 Å². The number of aromatic nitrogens is 4. The summed E-state index contributed by atoms with van der Waals surface area (Å²) in [5.74, 6) is -0.158. The molecule has 2 rings (SSSR count). The van der Waals surface area contributed by atoms with Gasteiger partial charge in [0, 0.05) is 6.04 Å². The van der Waals surface area contributed by atoms with Gasteiger partial charge in [-0.15, -0.1) is 10.2 Å². The highest BCUT2D eigenvalue weighted by Gasteiger charge is 2.25. The molecule has 0 amide bonds. The van der Waals surface area contributed by atoms with Crippen LogP contribution in [0.3, 0.4) is 0 Å². The summed E-state index contributed by atoms with van der Waals surface area (Å²) in [6.45, 7) is 0.593. The van der Waals surface area contributed by atoms with Gasteiger partial charge in [-0.05, 0) is 30.9 Å². The van der Waals surface area contributed by atoms with Crippen LogP contribution in [0.1, 0.15) is 31.5 Å². The van der Waals surface area contributed by atoms with Crippen LogP contribution in [0.2, 0.25) is 0 Å². The standard InChI is InChI=1S/C10H17N5O2/c1-15-13-9(12-14-15)6-11-8-4-2-7(3-5-8)10(16)17/h7-8,11H,2-6H2,1H3,(H,16,17). The predicted octanol–water partition coefficient (Wildman–Crippen LogP) is -0.0569. The van der Waals surface area contributed by atoms with Gasteiger partial charge >= 0.3 is 5.97 Å². The highest BCUT2D eigenvalue weighted by molar-refractivity contribution is 5.70. The number of nitrogens with one attached hydrogen (secondary N) is 1. The Hall–Kier alpha value is -1.50. The van der Waals surface area contributed by atoms with Crippen molar-refractivity contribution >= 4 is 5.97 Å². The first-order chi connectivity index (χ1) is 8.15. The molecule has 0 spiro atoms. The summed E-state index contributed by atoms with van der Waals surface area (Å²) in [5.41, 5.74) is 0. The SMILES string of the molecule is Cn1nnc(CNC2CCC(C(=O)O)CC2)n1. The topological polar surface area (TPSA) is 92.9 Å². The number of aliphatic carboxylic acids is 1. The number of nitrogens with zero attached hydrogens (tertiary/aromatic N) is 4. The second-order valence-corrected chi connectivity index (χ2v) is 4.46. The molecule has 0 radical (unpaired) electrons. The Morgan fingerprint density at radius 2 is 2.18 bits per heavy atom. The van der Waals surface area contributed by atoms with Crippen molar-refractivity contribution in [3.63, 3.8) is 0 Å². The lowest BCUT2D eigenvalue weighted by atomic mass is 9.86. The summed E-state index contributed by atoms with van der Waals surface area (Å²) in [7, 11) is 1.73. The van der Waals surface area contributed by atoms with Crippen LogP contribution in [0.4, 0.5) is 0 Å². The molecule has 17 heavy (non-hydrogen) atoms. The molecule has 1 aliphatic carbocycles. The van der Waals surface area contributed by atoms with Crippen molar-refractivity contribution in [1.29, 1.82) is 0 Å². The van der Waals surface area contributed by atoms with Crippen molar-refractivity contribution in [2.75, 3.05) is 0 Å². The average Bonchev–Trinajstić information content (AvgIpc) is 2.73. The third-order valence-electron chi connectivity index (χ3n) is 3.18. The third-order valence-corrected chi connectivity index (χ3v) is 3.18. The number of carbonyl (C=O) groups is 1. The quantitative estimate of drug-likeness (QED) is 0.764. The molecule has 1 saturated carbocycles. The van der Waals surface area contributed by atoms with E-state index in [1.54, 1.807) is 7.05 Å². The van der Waals surface area contributed by atoms with Crippen molar-refractivity contribution in [2.45, 2.75) is 38.3 Å². The smallest absolute Gasteiger partial charge is 0.306 e. The Balaban J connectivity index is 1.73. The lowest BCUT2D eigenvalue weighted by Crippen LogP contribution is -2.34. The summed E-state index contributed by atoms with van der Waals surface area (Å²) in [6.07, 6.45) is 3.30. The van der Waals surface area contributed by atoms with E-state index in [9.17, 15) is 4.79 Å². The van der Waals surface area contributed by atoms with Gasteiger partial charge in [-0.3, -0.25) is 4.79 Å². The minimum absolute atomic E-state index is 0.164. The largest absolute Gasteiger partial charge is 0.481 e. The van der Waals surface area contributed by atoms with Gasteiger partial charge in [0.05, 0.1) is 19.5 Å². The molecule has 0 aromatic carbocycles. The molecule has 0 aliphatic heterocycles. The summed E-state index contributed by atoms with van der Waals surface area (Å²) in [5, 5.41) is 23.9. The fraction of sp³-hybridized carbons (Fsp3) is 0.800. The number of carboxylic acids is 1. The number of rotatable bonds is 4. The van der Waals surface area contributed by atoms with Crippen molar-refractivity contribution in [3.8, 4) is 0 Å². The molecule has 0 saturated heterocycles. The Morgan fingerprint density at radius 3 is 2.71 bits per heavy atom. The molecule has 7 heteroatoms. The van der Waals surface area contributed by atoms with E-state index in [0.29, 0.717) is 18.4 Å². The zero-order valence-electron chi connectivity index (χ0n) is 9.83. The number of carboxylic acid groups (broad SMARTS) is 1. The summed E-state index contributed by atoms with van der Waals surface area (Å²) >= 11 is 0. The van der Waals surface area contributed by atoms with Gasteiger partial charge in [0.2, 0.25) is 0 Å². The first-order valence-electron chi connectivity index (χ1n) is 5.84. The van der Waals surface area contributed by atoms with Crippen LogP contribution in [-0.4, -0.2) is 37.3 Å². The van der Waals surface area contributed by atoms with Crippen LogP contribution >= 0.6 is 0 Å². The van der Waals surface area contributed by atoms with E-state index in [1.807, 2.05) is 0 Å². The van der Waals surface area contributed by atoms with Gasteiger partial charge < -0.3 is 10.4 Å². The lowest BCUT2D eigenvalue weighted by Gasteiger charge is -2.26. The summed E-state index contributed by atoms with van der Waals surface area (Å²) in [4.78, 5) is 12.2. The van der Waals surface area contributed by atoms with Crippen molar-refractivity contribution in [3.05, 3.63) is 5.82 Å². The second kappa shape index (κ2) is 5.22. The number of tetrazole rings is 1. The van der Waals surface area contributed by atoms with E-state index in [4.69, 9.17) is 5.11 Å². The molecule has 1 aromatic rings. The number of hydrogen-bond donors (Lipinski definition) is 2. The predicted molar refractivity (Wildman–Crippen MR) is 59.0 cm³/mol. The first-order valence-corrected chi connectivity index (χ1v) is 5.84. The van der Waals surface area contributed by atoms with E-state index < -0.39 is 5.97 Å². The van der Waals surface area contributed by atoms with E-state index in [1.165, 1.54) is 4.80 Å². The van der Waals surface area contributed by atoms with Gasteiger partial charge in [0.25, 0.3) is 0 Å². The van der Waals surface area contributed by atoms with Crippen LogP contribution in [-0.2, 0) is 18.4 Å². The maximum atomic E-state index is 10.8. The van der Waals surface area contributed by atoms with Gasteiger partial charge in [-0.25, -0.2) is 0 Å². The van der Waals surface area contributed by atoms with E-state index in [2.05, 4.69) is 20.7 Å². The summed E-state index contributed by atoms with van der Waals surface area (Å²) < 4.78 is 0. The Labute approximate surface area is 99.2 Å². The van der Waals surface area contributed by atoms with Crippen LogP contribution in [0.5, 0.6) is 0 Å². The van der Waals surface area contributed by atoms with E-state index in [0.717, 1.165) is 25.7 Å². The van der Waals surface area contributed by atoms with Crippen LogP contribution in [0.15, 0.2) is 0 Å². The molecule has 1 aliphatic rings. The Morgan fingerprint density at radius 1 is 1.47 bits per heavy atom. The molecule has 1 fully saturated rings. The fourth-order valence-corrected chi connectivity index (χ4v) is 2.17. The second-order valence-electron chi connectivity index (χ2n) is 4.46. The van der Waals surface area contributed by atoms with E-state index in [-0.39, 0.29) is 5.92 Å². The Bertz CT molecular complexity index is 384. The van der Waals surface area contributed by atoms with Crippen LogP contribution < -0.4 is 5.32 Å². The minimum Gasteiger partial charge on any atom is -0.481 e. The molecule has 1 heterocycles. The Kier molecular flexibility index (Phi) is 3.68. The van der Waals surface area contributed by atoms with Gasteiger partial charge in [-0.2, -0.15) is 4.80 Å². The number of hydrogen-bond acceptors (Lipinski definition) is 5. The molecule has 2 N–H and O–H groups in total. The summed E-state index contributed by atoms with van der Waals surface area (Å²) in [6, 6.07) is 0.370. The van der Waals surface area contributed by atoms with Gasteiger partial charge in [-0.1, -0.05) is 0 Å². The zero-order chi connectivity index (χ0) is 12.3. The molecule has 1 aromatic heterocycles. The fourth-order valence-electron chi connectivity index (χ4n) is 2.17. The van der Waals surface area contributed by atoms with Gasteiger partial charge in [0.1, 0.15) is 0 Å². The number of aryl methyl sites for hydroxylation is 1. The van der Waals surface area contributed by atoms with Crippen LogP contribution in [0.25, 0.3) is 0 Å². The zero-order valence-corrected chi connectivity index (χ0v) is 9.83. The van der Waals surface area contributed by atoms with E-state index >= 15 is 0 Å². The highest BCUT2D eigenvalue weighted by atomic mass is 16.4. The normalized spacial score (nSPS) is 24.8. The monoisotopic (exact) mass is 239 g/mol. The maximum Gasteiger partial charge on any atom is 0.306 e.